The van der Waals surface area contributed by atoms with Crippen LogP contribution in [0.2, 0.25) is 0 Å². The summed E-state index contributed by atoms with van der Waals surface area (Å²) in [4.78, 5) is 1.44. The van der Waals surface area contributed by atoms with Gasteiger partial charge in [0.25, 0.3) is 0 Å². The second-order valence-corrected chi connectivity index (χ2v) is 6.60. The minimum Gasteiger partial charge on any atom is -0.305 e. The molecule has 1 aliphatic heterocycles. The van der Waals surface area contributed by atoms with Gasteiger partial charge in [-0.15, -0.1) is 11.3 Å². The number of fused-ring (bicyclic) bond motifs is 1. The molecule has 3 aromatic rings. The molecule has 23 heavy (non-hydrogen) atoms. The van der Waals surface area contributed by atoms with Crippen molar-refractivity contribution in [2.24, 2.45) is 0 Å². The molecule has 0 spiro atoms. The lowest BCUT2D eigenvalue weighted by atomic mass is 9.94. The van der Waals surface area contributed by atoms with Crippen LogP contribution in [0, 0.1) is 11.8 Å². The topological polar surface area (TPSA) is 12.0 Å². The molecule has 0 amide bonds. The van der Waals surface area contributed by atoms with Gasteiger partial charge >= 0.3 is 0 Å². The summed E-state index contributed by atoms with van der Waals surface area (Å²) in [5, 5.41) is 5.86. The van der Waals surface area contributed by atoms with Gasteiger partial charge in [-0.3, -0.25) is 0 Å². The van der Waals surface area contributed by atoms with Crippen LogP contribution in [0.15, 0.2) is 66.0 Å². The van der Waals surface area contributed by atoms with E-state index in [2.05, 4.69) is 52.9 Å². The molecule has 0 bridgehead atoms. The van der Waals surface area contributed by atoms with E-state index < -0.39 is 0 Å². The highest BCUT2D eigenvalue weighted by atomic mass is 32.1. The molecule has 1 nitrogen and oxygen atoms in total. The normalized spacial score (nSPS) is 16.3. The summed E-state index contributed by atoms with van der Waals surface area (Å²) in [5.41, 5.74) is 4.91. The number of benzene rings is 2. The van der Waals surface area contributed by atoms with Crippen LogP contribution in [0.3, 0.4) is 0 Å². The van der Waals surface area contributed by atoms with Crippen molar-refractivity contribution in [3.63, 3.8) is 0 Å². The van der Waals surface area contributed by atoms with Crippen molar-refractivity contribution in [2.45, 2.75) is 12.5 Å². The molecule has 2 aromatic carbocycles. The number of hydrogen-bond acceptors (Lipinski definition) is 2. The van der Waals surface area contributed by atoms with E-state index in [-0.39, 0.29) is 6.04 Å². The van der Waals surface area contributed by atoms with Crippen molar-refractivity contribution in [1.29, 1.82) is 0 Å². The summed E-state index contributed by atoms with van der Waals surface area (Å²) in [5.74, 6) is 6.65. The van der Waals surface area contributed by atoms with Crippen molar-refractivity contribution >= 4 is 11.3 Å². The predicted molar refractivity (Wildman–Crippen MR) is 96.7 cm³/mol. The fourth-order valence-electron chi connectivity index (χ4n) is 3.03. The van der Waals surface area contributed by atoms with Crippen LogP contribution >= 0.6 is 11.3 Å². The second kappa shape index (κ2) is 6.42. The lowest BCUT2D eigenvalue weighted by molar-refractivity contribution is 0.578. The van der Waals surface area contributed by atoms with Crippen LogP contribution < -0.4 is 5.32 Å². The maximum Gasteiger partial charge on any atom is 0.0686 e. The van der Waals surface area contributed by atoms with Gasteiger partial charge < -0.3 is 5.32 Å². The molecule has 0 saturated heterocycles. The minimum absolute atomic E-state index is 0.264. The Balaban J connectivity index is 1.74. The number of hydrogen-bond donors (Lipinski definition) is 1. The van der Waals surface area contributed by atoms with Crippen LogP contribution in [-0.2, 0) is 6.42 Å². The Hall–Kier alpha value is -2.34. The molecule has 2 heterocycles. The van der Waals surface area contributed by atoms with Gasteiger partial charge in [0.05, 0.1) is 6.04 Å². The Bertz CT molecular complexity index is 867. The van der Waals surface area contributed by atoms with Gasteiger partial charge in [-0.25, -0.2) is 0 Å². The highest BCUT2D eigenvalue weighted by Crippen LogP contribution is 2.34. The maximum atomic E-state index is 3.66. The summed E-state index contributed by atoms with van der Waals surface area (Å²) in [7, 11) is 0. The van der Waals surface area contributed by atoms with Crippen molar-refractivity contribution in [3.05, 3.63) is 93.2 Å². The first-order valence-electron chi connectivity index (χ1n) is 7.87. The highest BCUT2D eigenvalue weighted by Gasteiger charge is 2.23. The van der Waals surface area contributed by atoms with Gasteiger partial charge in [-0.05, 0) is 47.2 Å². The van der Waals surface area contributed by atoms with E-state index in [4.69, 9.17) is 0 Å². The average molecular weight is 315 g/mol. The molecule has 0 radical (unpaired) electrons. The predicted octanol–water partition coefficient (Wildman–Crippen LogP) is 4.38. The first-order valence-corrected chi connectivity index (χ1v) is 8.75. The molecule has 1 aromatic heterocycles. The fourth-order valence-corrected chi connectivity index (χ4v) is 4.07. The minimum atomic E-state index is 0.264. The van der Waals surface area contributed by atoms with Crippen LogP contribution in [0.4, 0.5) is 0 Å². The zero-order chi connectivity index (χ0) is 15.5. The van der Waals surface area contributed by atoms with Gasteiger partial charge in [0.1, 0.15) is 0 Å². The number of rotatable bonds is 1. The van der Waals surface area contributed by atoms with E-state index in [0.717, 1.165) is 24.1 Å². The quantitative estimate of drug-likeness (QED) is 0.657. The van der Waals surface area contributed by atoms with E-state index in [9.17, 15) is 0 Å². The molecule has 1 aliphatic rings. The van der Waals surface area contributed by atoms with Gasteiger partial charge in [0.2, 0.25) is 0 Å². The van der Waals surface area contributed by atoms with Crippen LogP contribution in [0.1, 0.15) is 33.2 Å². The zero-order valence-corrected chi connectivity index (χ0v) is 13.6. The molecular formula is C21H17NS. The van der Waals surface area contributed by atoms with Crippen LogP contribution in [-0.4, -0.2) is 6.54 Å². The second-order valence-electron chi connectivity index (χ2n) is 5.65. The lowest BCUT2D eigenvalue weighted by Gasteiger charge is -2.25. The summed E-state index contributed by atoms with van der Waals surface area (Å²) in [6.45, 7) is 1.02. The first kappa shape index (κ1) is 14.3. The van der Waals surface area contributed by atoms with E-state index in [1.54, 1.807) is 0 Å². The van der Waals surface area contributed by atoms with E-state index in [1.165, 1.54) is 16.0 Å². The highest BCUT2D eigenvalue weighted by molar-refractivity contribution is 7.10. The Morgan fingerprint density at radius 1 is 0.913 bits per heavy atom. The third-order valence-electron chi connectivity index (χ3n) is 4.17. The van der Waals surface area contributed by atoms with Crippen LogP contribution in [0.25, 0.3) is 0 Å². The largest absolute Gasteiger partial charge is 0.305 e. The van der Waals surface area contributed by atoms with Gasteiger partial charge in [-0.1, -0.05) is 48.2 Å². The average Bonchev–Trinajstić information content (AvgIpc) is 3.10. The number of nitrogens with one attached hydrogen (secondary N) is 1. The molecule has 1 unspecified atom stereocenters. The van der Waals surface area contributed by atoms with Gasteiger partial charge in [0.15, 0.2) is 0 Å². The van der Waals surface area contributed by atoms with Crippen molar-refractivity contribution in [1.82, 2.24) is 5.32 Å². The van der Waals surface area contributed by atoms with Crippen LogP contribution in [0.5, 0.6) is 0 Å². The van der Waals surface area contributed by atoms with E-state index in [0.29, 0.717) is 0 Å². The Morgan fingerprint density at radius 3 is 2.65 bits per heavy atom. The summed E-state index contributed by atoms with van der Waals surface area (Å²) >= 11 is 1.84. The first-order chi connectivity index (χ1) is 11.4. The SMILES string of the molecule is C(#Cc1ccccc1C1NCCc2ccsc21)c1ccccc1. The summed E-state index contributed by atoms with van der Waals surface area (Å²) in [6, 6.07) is 21.2. The monoisotopic (exact) mass is 315 g/mol. The third kappa shape index (κ3) is 2.94. The Labute approximate surface area is 141 Å². The zero-order valence-electron chi connectivity index (χ0n) is 12.8. The molecule has 0 saturated carbocycles. The molecule has 1 N–H and O–H groups in total. The Kier molecular flexibility index (Phi) is 3.98. The van der Waals surface area contributed by atoms with Crippen molar-refractivity contribution < 1.29 is 0 Å². The van der Waals surface area contributed by atoms with E-state index >= 15 is 0 Å². The van der Waals surface area contributed by atoms with Gasteiger partial charge in [0, 0.05) is 22.5 Å². The lowest BCUT2D eigenvalue weighted by Crippen LogP contribution is -2.29. The smallest absolute Gasteiger partial charge is 0.0686 e. The molecule has 0 aliphatic carbocycles. The molecule has 112 valence electrons. The molecule has 1 atom stereocenters. The Morgan fingerprint density at radius 2 is 1.74 bits per heavy atom. The molecule has 4 rings (SSSR count). The summed E-state index contributed by atoms with van der Waals surface area (Å²) in [6.07, 6.45) is 1.12. The number of thiophene rings is 1. The molecule has 2 heteroatoms. The third-order valence-corrected chi connectivity index (χ3v) is 5.20. The van der Waals surface area contributed by atoms with Crippen molar-refractivity contribution in [3.8, 4) is 11.8 Å². The van der Waals surface area contributed by atoms with E-state index in [1.807, 2.05) is 41.7 Å². The summed E-state index contributed by atoms with van der Waals surface area (Å²) < 4.78 is 0. The van der Waals surface area contributed by atoms with Gasteiger partial charge in [-0.2, -0.15) is 0 Å². The standard InChI is InChI=1S/C21H17NS/c1-2-6-16(7-3-1)10-11-17-8-4-5-9-19(17)20-21-18(12-14-22-20)13-15-23-21/h1-9,13,15,20,22H,12,14H2. The molecule has 0 fully saturated rings. The fraction of sp³-hybridized carbons (Fsp3) is 0.143. The maximum absolute atomic E-state index is 3.66. The van der Waals surface area contributed by atoms with Crippen molar-refractivity contribution in [2.75, 3.05) is 6.54 Å². The molecular weight excluding hydrogens is 298 g/mol.